The average Bonchev–Trinajstić information content (AvgIpc) is 3.37. The Labute approximate surface area is 226 Å². The van der Waals surface area contributed by atoms with E-state index in [1.807, 2.05) is 0 Å². The van der Waals surface area contributed by atoms with Crippen LogP contribution in [0, 0.1) is 5.92 Å². The number of allylic oxidation sites excluding steroid dienone is 1. The number of unbranched alkanes of at least 4 members (excludes halogenated alkanes) is 3. The summed E-state index contributed by atoms with van der Waals surface area (Å²) in [5, 5.41) is 0. The molecule has 0 radical (unpaired) electrons. The van der Waals surface area contributed by atoms with Crippen LogP contribution in [0.15, 0.2) is 17.7 Å². The summed E-state index contributed by atoms with van der Waals surface area (Å²) in [5.74, 6) is 2.25. The number of esters is 1. The lowest BCUT2D eigenvalue weighted by Gasteiger charge is -2.35. The molecule has 0 saturated carbocycles. The van der Waals surface area contributed by atoms with E-state index in [0.717, 1.165) is 68.6 Å². The van der Waals surface area contributed by atoms with Gasteiger partial charge in [-0.2, -0.15) is 0 Å². The van der Waals surface area contributed by atoms with Crippen LogP contribution in [0.3, 0.4) is 0 Å². The van der Waals surface area contributed by atoms with Gasteiger partial charge in [-0.3, -0.25) is 4.79 Å². The summed E-state index contributed by atoms with van der Waals surface area (Å²) in [5.41, 5.74) is 4.73. The van der Waals surface area contributed by atoms with Gasteiger partial charge in [-0.15, -0.1) is 0 Å². The van der Waals surface area contributed by atoms with Crippen LogP contribution in [0.1, 0.15) is 129 Å². The van der Waals surface area contributed by atoms with Crippen molar-refractivity contribution in [2.45, 2.75) is 130 Å². The van der Waals surface area contributed by atoms with Crippen molar-refractivity contribution in [3.8, 4) is 11.5 Å². The first-order chi connectivity index (χ1) is 17.9. The first-order valence-electron chi connectivity index (χ1n) is 15.4. The number of aryl methyl sites for hydroxylation is 1. The van der Waals surface area contributed by atoms with E-state index < -0.39 is 0 Å². The number of ether oxygens (including phenoxy) is 2. The highest BCUT2D eigenvalue weighted by Crippen LogP contribution is 2.52. The van der Waals surface area contributed by atoms with Crippen molar-refractivity contribution in [3.63, 3.8) is 0 Å². The lowest BCUT2D eigenvalue weighted by Crippen LogP contribution is -2.33. The summed E-state index contributed by atoms with van der Waals surface area (Å²) < 4.78 is 12.7. The van der Waals surface area contributed by atoms with Crippen molar-refractivity contribution in [1.82, 2.24) is 4.90 Å². The van der Waals surface area contributed by atoms with Gasteiger partial charge in [0.05, 0.1) is 5.56 Å². The fourth-order valence-corrected chi connectivity index (χ4v) is 6.53. The van der Waals surface area contributed by atoms with Crippen LogP contribution in [0.25, 0.3) is 5.57 Å². The highest BCUT2D eigenvalue weighted by Gasteiger charge is 2.39. The Morgan fingerprint density at radius 2 is 1.84 bits per heavy atom. The van der Waals surface area contributed by atoms with Gasteiger partial charge in [0.2, 0.25) is 0 Å². The molecular formula is C33H51NO3. The van der Waals surface area contributed by atoms with E-state index in [4.69, 9.17) is 9.47 Å². The summed E-state index contributed by atoms with van der Waals surface area (Å²) in [7, 11) is 0. The zero-order valence-corrected chi connectivity index (χ0v) is 24.1. The van der Waals surface area contributed by atoms with Gasteiger partial charge < -0.3 is 14.4 Å². The van der Waals surface area contributed by atoms with Crippen molar-refractivity contribution < 1.29 is 14.3 Å². The third-order valence-electron chi connectivity index (χ3n) is 8.74. The van der Waals surface area contributed by atoms with Crippen molar-refractivity contribution in [3.05, 3.63) is 28.8 Å². The van der Waals surface area contributed by atoms with E-state index in [1.165, 1.54) is 74.7 Å². The maximum absolute atomic E-state index is 13.0. The molecule has 4 rings (SSSR count). The van der Waals surface area contributed by atoms with Crippen molar-refractivity contribution in [1.29, 1.82) is 0 Å². The smallest absolute Gasteiger partial charge is 0.311 e. The quantitative estimate of drug-likeness (QED) is 0.152. The number of piperidine rings is 1. The molecule has 1 aromatic carbocycles. The number of carbonyl (C=O) groups is 1. The predicted octanol–water partition coefficient (Wildman–Crippen LogP) is 8.51. The maximum atomic E-state index is 13.0. The van der Waals surface area contributed by atoms with E-state index in [-0.39, 0.29) is 11.6 Å². The van der Waals surface area contributed by atoms with Crippen molar-refractivity contribution in [2.75, 3.05) is 19.6 Å². The van der Waals surface area contributed by atoms with Crippen molar-refractivity contribution >= 4 is 11.5 Å². The summed E-state index contributed by atoms with van der Waals surface area (Å²) >= 11 is 0. The van der Waals surface area contributed by atoms with Gasteiger partial charge in [-0.1, -0.05) is 46.0 Å². The second-order valence-corrected chi connectivity index (χ2v) is 12.4. The number of nitrogens with zero attached hydrogens (tertiary/aromatic N) is 1. The number of benzene rings is 1. The van der Waals surface area contributed by atoms with Gasteiger partial charge in [0.25, 0.3) is 0 Å². The number of carbonyl (C=O) groups excluding carboxylic acids is 1. The van der Waals surface area contributed by atoms with E-state index in [1.54, 1.807) is 0 Å². The first-order valence-corrected chi connectivity index (χ1v) is 15.4. The molecule has 1 atom stereocenters. The Hall–Kier alpha value is -1.81. The molecule has 1 fully saturated rings. The number of hydrogen-bond acceptors (Lipinski definition) is 4. The van der Waals surface area contributed by atoms with E-state index in [9.17, 15) is 4.79 Å². The molecule has 1 unspecified atom stereocenters. The van der Waals surface area contributed by atoms with Gasteiger partial charge in [0.1, 0.15) is 17.1 Å². The second-order valence-electron chi connectivity index (χ2n) is 12.4. The molecule has 1 saturated heterocycles. The summed E-state index contributed by atoms with van der Waals surface area (Å²) in [6.07, 6.45) is 17.1. The van der Waals surface area contributed by atoms with Gasteiger partial charge in [-0.25, -0.2) is 0 Å². The number of fused-ring (bicyclic) bond motifs is 2. The van der Waals surface area contributed by atoms with Crippen LogP contribution >= 0.6 is 0 Å². The molecule has 4 nitrogen and oxygen atoms in total. The SMILES string of the molecule is CCCCCC(C)CCc1cc(OC(=O)CCCCN2CCCCC2)c2c(c1)OC(C)(C)C1=C2CCC1. The van der Waals surface area contributed by atoms with Gasteiger partial charge in [-0.05, 0) is 126 Å². The Morgan fingerprint density at radius 1 is 1.03 bits per heavy atom. The zero-order valence-electron chi connectivity index (χ0n) is 24.1. The molecule has 0 N–H and O–H groups in total. The summed E-state index contributed by atoms with van der Waals surface area (Å²) in [4.78, 5) is 15.5. The van der Waals surface area contributed by atoms with Gasteiger partial charge >= 0.3 is 5.97 Å². The predicted molar refractivity (Wildman–Crippen MR) is 153 cm³/mol. The fourth-order valence-electron chi connectivity index (χ4n) is 6.53. The molecule has 4 heteroatoms. The molecule has 1 aliphatic carbocycles. The minimum atomic E-state index is -0.291. The molecular weight excluding hydrogens is 458 g/mol. The van der Waals surface area contributed by atoms with Crippen LogP contribution < -0.4 is 9.47 Å². The molecule has 0 amide bonds. The number of likely N-dealkylation sites (tertiary alicyclic amines) is 1. The largest absolute Gasteiger partial charge is 0.483 e. The highest BCUT2D eigenvalue weighted by molar-refractivity contribution is 5.84. The Bertz CT molecular complexity index is 941. The Morgan fingerprint density at radius 3 is 2.62 bits per heavy atom. The Balaban J connectivity index is 1.44. The number of rotatable bonds is 13. The van der Waals surface area contributed by atoms with Crippen molar-refractivity contribution in [2.24, 2.45) is 5.92 Å². The molecule has 0 bridgehead atoms. The molecule has 206 valence electrons. The summed E-state index contributed by atoms with van der Waals surface area (Å²) in [6.45, 7) is 12.5. The van der Waals surface area contributed by atoms with Gasteiger partial charge in [0.15, 0.2) is 0 Å². The van der Waals surface area contributed by atoms with E-state index in [2.05, 4.69) is 44.7 Å². The maximum Gasteiger partial charge on any atom is 0.311 e. The molecule has 1 aromatic rings. The summed E-state index contributed by atoms with van der Waals surface area (Å²) in [6, 6.07) is 4.38. The second kappa shape index (κ2) is 13.3. The molecule has 3 aliphatic rings. The third-order valence-corrected chi connectivity index (χ3v) is 8.74. The van der Waals surface area contributed by atoms with Gasteiger partial charge in [0, 0.05) is 6.42 Å². The van der Waals surface area contributed by atoms with Crippen LogP contribution in [-0.2, 0) is 11.2 Å². The molecule has 2 heterocycles. The van der Waals surface area contributed by atoms with Crippen LogP contribution in [-0.4, -0.2) is 36.1 Å². The topological polar surface area (TPSA) is 38.8 Å². The van der Waals surface area contributed by atoms with Crippen LogP contribution in [0.2, 0.25) is 0 Å². The minimum Gasteiger partial charge on any atom is -0.483 e. The standard InChI is InChI=1S/C33H51NO3/c1-5-6-8-14-25(2)18-19-26-23-29(36-31(35)17-9-12-22-34-20-10-7-11-21-34)32-27-15-13-16-28(27)33(3,4)37-30(32)24-26/h23-25H,5-22H2,1-4H3. The zero-order chi connectivity index (χ0) is 26.3. The molecule has 0 aromatic heterocycles. The van der Waals surface area contributed by atoms with E-state index >= 15 is 0 Å². The number of hydrogen-bond donors (Lipinski definition) is 0. The molecule has 2 aliphatic heterocycles. The normalized spacial score (nSPS) is 19.8. The lowest BCUT2D eigenvalue weighted by molar-refractivity contribution is -0.134. The fraction of sp³-hybridized carbons (Fsp3) is 0.727. The first kappa shape index (κ1) is 28.2. The Kier molecular flexibility index (Phi) is 10.1. The monoisotopic (exact) mass is 509 g/mol. The van der Waals surface area contributed by atoms with Crippen LogP contribution in [0.4, 0.5) is 0 Å². The average molecular weight is 510 g/mol. The lowest BCUT2D eigenvalue weighted by atomic mass is 9.86. The molecule has 0 spiro atoms. The minimum absolute atomic E-state index is 0.101. The van der Waals surface area contributed by atoms with E-state index in [0.29, 0.717) is 12.3 Å². The molecule has 37 heavy (non-hydrogen) atoms. The third kappa shape index (κ3) is 7.62. The highest BCUT2D eigenvalue weighted by atomic mass is 16.5. The van der Waals surface area contributed by atoms with Crippen LogP contribution in [0.5, 0.6) is 11.5 Å².